The third kappa shape index (κ3) is 5.38. The first-order chi connectivity index (χ1) is 33.1. The first-order valence-corrected chi connectivity index (χ1v) is 24.4. The lowest BCUT2D eigenvalue weighted by Crippen LogP contribution is -2.45. The van der Waals surface area contributed by atoms with Gasteiger partial charge in [0, 0.05) is 33.4 Å². The number of aromatic nitrogens is 3. The second kappa shape index (κ2) is 14.0. The maximum Gasteiger partial charge on any atom is 0.164 e. The van der Waals surface area contributed by atoms with Crippen molar-refractivity contribution in [1.29, 1.82) is 0 Å². The van der Waals surface area contributed by atoms with Crippen LogP contribution in [0, 0.1) is 29.6 Å². The lowest BCUT2D eigenvalue weighted by molar-refractivity contribution is 0.00350. The number of benzene rings is 8. The van der Waals surface area contributed by atoms with Crippen molar-refractivity contribution in [3.05, 3.63) is 222 Å². The summed E-state index contributed by atoms with van der Waals surface area (Å²) >= 11 is 0. The minimum absolute atomic E-state index is 0.334. The molecule has 4 heteroatoms. The van der Waals surface area contributed by atoms with E-state index >= 15 is 0 Å². The van der Waals surface area contributed by atoms with Crippen LogP contribution in [-0.2, 0) is 10.8 Å². The van der Waals surface area contributed by atoms with E-state index in [1.54, 1.807) is 0 Å². The molecule has 15 rings (SSSR count). The van der Waals surface area contributed by atoms with Crippen molar-refractivity contribution in [2.45, 2.75) is 42.9 Å². The molecule has 4 nitrogen and oxygen atoms in total. The summed E-state index contributed by atoms with van der Waals surface area (Å²) in [6, 6.07) is 70.2. The van der Waals surface area contributed by atoms with Gasteiger partial charge in [0.25, 0.3) is 0 Å². The fourth-order valence-electron chi connectivity index (χ4n) is 14.7. The molecule has 1 spiro atoms. The SMILES string of the molecule is c1ccc(-c2cccc(-c3nc(-c4ccc(C56CC7C8C(C[C@@H]7C5)C[C@H]8C6)cc4)nc(-c4cccc(-c5cccc6c5Oc5ccccc5C65c6ccccc6-c6ccccc65)c4)n3)c2)cc1. The summed E-state index contributed by atoms with van der Waals surface area (Å²) in [7, 11) is 0. The van der Waals surface area contributed by atoms with E-state index in [4.69, 9.17) is 19.7 Å². The summed E-state index contributed by atoms with van der Waals surface area (Å²) in [4.78, 5) is 15.9. The Kier molecular flexibility index (Phi) is 7.91. The highest BCUT2D eigenvalue weighted by Crippen LogP contribution is 2.72. The van der Waals surface area contributed by atoms with E-state index in [0.29, 0.717) is 22.9 Å². The number of fused-ring (bicyclic) bond motifs is 10. The van der Waals surface area contributed by atoms with Gasteiger partial charge in [-0.2, -0.15) is 0 Å². The zero-order valence-electron chi connectivity index (χ0n) is 37.1. The van der Waals surface area contributed by atoms with Gasteiger partial charge in [-0.25, -0.2) is 15.0 Å². The lowest BCUT2D eigenvalue weighted by Gasteiger charge is -2.52. The molecule has 9 aromatic rings. The van der Waals surface area contributed by atoms with Gasteiger partial charge in [0.2, 0.25) is 0 Å². The smallest absolute Gasteiger partial charge is 0.164 e. The van der Waals surface area contributed by atoms with Crippen LogP contribution in [-0.4, -0.2) is 15.0 Å². The van der Waals surface area contributed by atoms with Crippen molar-refractivity contribution < 1.29 is 4.74 Å². The number of hydrogen-bond acceptors (Lipinski definition) is 4. The Hall–Kier alpha value is -7.43. The van der Waals surface area contributed by atoms with Crippen LogP contribution in [0.5, 0.6) is 11.5 Å². The molecule has 4 saturated carbocycles. The van der Waals surface area contributed by atoms with E-state index in [9.17, 15) is 0 Å². The summed E-state index contributed by atoms with van der Waals surface area (Å²) in [5, 5.41) is 0. The summed E-state index contributed by atoms with van der Waals surface area (Å²) in [5.74, 6) is 8.61. The van der Waals surface area contributed by atoms with Crippen molar-refractivity contribution in [3.63, 3.8) is 0 Å². The average Bonchev–Trinajstić information content (AvgIpc) is 3.98. The summed E-state index contributed by atoms with van der Waals surface area (Å²) < 4.78 is 7.08. The Morgan fingerprint density at radius 3 is 1.67 bits per heavy atom. The molecule has 2 bridgehead atoms. The van der Waals surface area contributed by atoms with Gasteiger partial charge in [-0.15, -0.1) is 0 Å². The maximum atomic E-state index is 7.08. The molecule has 1 aromatic heterocycles. The van der Waals surface area contributed by atoms with Crippen LogP contribution in [0.2, 0.25) is 0 Å². The first-order valence-electron chi connectivity index (χ1n) is 24.4. The predicted molar refractivity (Wildman–Crippen MR) is 267 cm³/mol. The topological polar surface area (TPSA) is 47.9 Å². The van der Waals surface area contributed by atoms with Crippen LogP contribution in [0.1, 0.15) is 59.9 Å². The van der Waals surface area contributed by atoms with Gasteiger partial charge in [-0.1, -0.05) is 176 Å². The van der Waals surface area contributed by atoms with Crippen LogP contribution in [0.15, 0.2) is 194 Å². The second-order valence-electron chi connectivity index (χ2n) is 20.4. The molecular weight excluding hydrogens is 815 g/mol. The number of nitrogens with zero attached hydrogens (tertiary/aromatic N) is 3. The van der Waals surface area contributed by atoms with Crippen LogP contribution in [0.25, 0.3) is 67.5 Å². The van der Waals surface area contributed by atoms with Gasteiger partial charge in [-0.05, 0) is 130 Å². The van der Waals surface area contributed by atoms with Gasteiger partial charge < -0.3 is 4.74 Å². The molecule has 4 fully saturated rings. The summed E-state index contributed by atoms with van der Waals surface area (Å²) in [6.07, 6.45) is 7.08. The quantitative estimate of drug-likeness (QED) is 0.167. The first kappa shape index (κ1) is 37.8. The van der Waals surface area contributed by atoms with E-state index in [1.165, 1.54) is 59.9 Å². The van der Waals surface area contributed by atoms with Gasteiger partial charge in [-0.3, -0.25) is 0 Å². The zero-order valence-corrected chi connectivity index (χ0v) is 37.1. The minimum Gasteiger partial charge on any atom is -0.456 e. The van der Waals surface area contributed by atoms with Crippen LogP contribution in [0.3, 0.4) is 0 Å². The van der Waals surface area contributed by atoms with Crippen LogP contribution < -0.4 is 4.74 Å². The van der Waals surface area contributed by atoms with Crippen molar-refractivity contribution in [2.24, 2.45) is 29.6 Å². The molecular formula is C63H47N3O. The number of para-hydroxylation sites is 2. The molecule has 0 amide bonds. The Labute approximate surface area is 391 Å². The largest absolute Gasteiger partial charge is 0.456 e. The van der Waals surface area contributed by atoms with E-state index in [2.05, 4.69) is 194 Å². The van der Waals surface area contributed by atoms with Crippen molar-refractivity contribution in [1.82, 2.24) is 15.0 Å². The highest BCUT2D eigenvalue weighted by atomic mass is 16.5. The molecule has 6 aliphatic rings. The predicted octanol–water partition coefficient (Wildman–Crippen LogP) is 15.0. The summed E-state index contributed by atoms with van der Waals surface area (Å²) in [6.45, 7) is 0. The molecule has 6 atom stereocenters. The molecule has 0 saturated heterocycles. The van der Waals surface area contributed by atoms with E-state index < -0.39 is 5.41 Å². The lowest BCUT2D eigenvalue weighted by atomic mass is 9.52. The monoisotopic (exact) mass is 861 g/mol. The highest BCUT2D eigenvalue weighted by molar-refractivity contribution is 5.90. The third-order valence-corrected chi connectivity index (χ3v) is 17.3. The number of rotatable bonds is 6. The molecule has 1 aliphatic heterocycles. The van der Waals surface area contributed by atoms with Gasteiger partial charge >= 0.3 is 0 Å². The number of hydrogen-bond donors (Lipinski definition) is 0. The average molecular weight is 862 g/mol. The molecule has 0 N–H and O–H groups in total. The number of ether oxygens (including phenoxy) is 1. The molecule has 67 heavy (non-hydrogen) atoms. The van der Waals surface area contributed by atoms with Crippen molar-refractivity contribution in [2.75, 3.05) is 0 Å². The molecule has 2 heterocycles. The van der Waals surface area contributed by atoms with E-state index in [0.717, 1.165) is 91.2 Å². The van der Waals surface area contributed by atoms with E-state index in [1.807, 2.05) is 0 Å². The minimum atomic E-state index is -0.539. The Morgan fingerprint density at radius 2 is 0.925 bits per heavy atom. The second-order valence-corrected chi connectivity index (χ2v) is 20.4. The highest BCUT2D eigenvalue weighted by Gasteiger charge is 2.65. The zero-order chi connectivity index (χ0) is 43.8. The molecule has 4 unspecified atom stereocenters. The van der Waals surface area contributed by atoms with Gasteiger partial charge in [0.1, 0.15) is 11.5 Å². The van der Waals surface area contributed by atoms with Crippen molar-refractivity contribution >= 4 is 0 Å². The Morgan fingerprint density at radius 1 is 0.388 bits per heavy atom. The van der Waals surface area contributed by atoms with Crippen LogP contribution >= 0.6 is 0 Å². The van der Waals surface area contributed by atoms with Crippen LogP contribution in [0.4, 0.5) is 0 Å². The molecule has 5 aliphatic carbocycles. The molecule has 8 aromatic carbocycles. The fourth-order valence-corrected chi connectivity index (χ4v) is 14.7. The third-order valence-electron chi connectivity index (χ3n) is 17.3. The van der Waals surface area contributed by atoms with Crippen molar-refractivity contribution in [3.8, 4) is 79.0 Å². The maximum absolute atomic E-state index is 7.08. The molecule has 0 radical (unpaired) electrons. The fraction of sp³-hybridized carbons (Fsp3) is 0.190. The van der Waals surface area contributed by atoms with Gasteiger partial charge in [0.05, 0.1) is 5.41 Å². The Bertz CT molecular complexity index is 3430. The normalized spacial score (nSPS) is 23.7. The molecule has 320 valence electrons. The van der Waals surface area contributed by atoms with E-state index in [-0.39, 0.29) is 0 Å². The summed E-state index contributed by atoms with van der Waals surface area (Å²) in [5.41, 5.74) is 16.0. The Balaban J connectivity index is 0.863. The van der Waals surface area contributed by atoms with Gasteiger partial charge in [0.15, 0.2) is 17.5 Å². The standard InChI is InChI=1S/C63H47N3O/c1-2-13-38(14-3-1)40-15-10-17-42(31-40)60-64-59(39-27-29-47(30-28-39)62-35-45-33-44-34-46(36-62)57(44)51(45)37-62)65-61(66-60)43-18-11-16-41(32-43)48-21-12-25-55-58(48)67-56-26-9-8-24-54(56)63(55)52-22-6-4-19-49(52)50-20-5-7-23-53(50)63/h1-32,44-46,51,57H,33-37H2/t44?,45-,46+,51?,57?,62?/m1/s1.